The second kappa shape index (κ2) is 5.02. The van der Waals surface area contributed by atoms with Gasteiger partial charge in [0.1, 0.15) is 0 Å². The van der Waals surface area contributed by atoms with E-state index in [2.05, 4.69) is 4.98 Å². The highest BCUT2D eigenvalue weighted by Gasteiger charge is 2.18. The first-order valence-corrected chi connectivity index (χ1v) is 7.12. The van der Waals surface area contributed by atoms with Crippen molar-refractivity contribution in [3.05, 3.63) is 52.3 Å². The molecule has 2 aromatic rings. The van der Waals surface area contributed by atoms with Crippen LogP contribution in [0, 0.1) is 20.8 Å². The molecule has 18 heavy (non-hydrogen) atoms. The van der Waals surface area contributed by atoms with Crippen LogP contribution >= 0.6 is 11.8 Å². The van der Waals surface area contributed by atoms with Crippen LogP contribution in [0.25, 0.3) is 0 Å². The number of H-pyrrole nitrogens is 1. The van der Waals surface area contributed by atoms with Crippen LogP contribution < -0.4 is 0 Å². The summed E-state index contributed by atoms with van der Waals surface area (Å²) >= 11 is 1.60. The summed E-state index contributed by atoms with van der Waals surface area (Å²) in [4.78, 5) is 16.8. The molecule has 94 valence electrons. The van der Waals surface area contributed by atoms with E-state index in [4.69, 9.17) is 0 Å². The first-order valence-electron chi connectivity index (χ1n) is 5.89. The van der Waals surface area contributed by atoms with Crippen molar-refractivity contribution in [1.82, 2.24) is 4.98 Å². The summed E-state index contributed by atoms with van der Waals surface area (Å²) in [6.45, 7) is 6.03. The van der Waals surface area contributed by atoms with Crippen molar-refractivity contribution in [2.45, 2.75) is 25.7 Å². The monoisotopic (exact) mass is 259 g/mol. The van der Waals surface area contributed by atoms with Crippen LogP contribution in [0.5, 0.6) is 0 Å². The zero-order valence-electron chi connectivity index (χ0n) is 11.1. The highest BCUT2D eigenvalue weighted by Crippen LogP contribution is 2.25. The van der Waals surface area contributed by atoms with Gasteiger partial charge in [0.05, 0.1) is 5.69 Å². The van der Waals surface area contributed by atoms with Crippen LogP contribution in [0.4, 0.5) is 0 Å². The van der Waals surface area contributed by atoms with E-state index in [-0.39, 0.29) is 5.78 Å². The molecule has 0 spiro atoms. The van der Waals surface area contributed by atoms with Gasteiger partial charge in [-0.3, -0.25) is 4.79 Å². The maximum absolute atomic E-state index is 12.6. The number of aromatic nitrogens is 1. The Kier molecular flexibility index (Phi) is 3.62. The predicted molar refractivity (Wildman–Crippen MR) is 76.7 cm³/mol. The first-order chi connectivity index (χ1) is 8.56. The largest absolute Gasteiger partial charge is 0.356 e. The zero-order chi connectivity index (χ0) is 13.3. The van der Waals surface area contributed by atoms with Crippen molar-refractivity contribution in [2.75, 3.05) is 6.26 Å². The van der Waals surface area contributed by atoms with Crippen molar-refractivity contribution < 1.29 is 4.79 Å². The number of aryl methyl sites for hydroxylation is 1. The van der Waals surface area contributed by atoms with Gasteiger partial charge in [-0.1, -0.05) is 12.1 Å². The summed E-state index contributed by atoms with van der Waals surface area (Å²) in [6.07, 6.45) is 1.99. The molecule has 0 fully saturated rings. The molecule has 0 aliphatic heterocycles. The van der Waals surface area contributed by atoms with Gasteiger partial charge in [0.2, 0.25) is 5.78 Å². The normalized spacial score (nSPS) is 10.7. The van der Waals surface area contributed by atoms with E-state index in [1.54, 1.807) is 11.8 Å². The Hall–Kier alpha value is -1.48. The summed E-state index contributed by atoms with van der Waals surface area (Å²) < 4.78 is 0. The Morgan fingerprint density at radius 2 is 1.78 bits per heavy atom. The molecule has 0 aliphatic carbocycles. The lowest BCUT2D eigenvalue weighted by molar-refractivity contribution is 0.103. The van der Waals surface area contributed by atoms with Gasteiger partial charge < -0.3 is 4.98 Å². The van der Waals surface area contributed by atoms with Gasteiger partial charge in [0, 0.05) is 16.2 Å². The molecule has 1 aromatic heterocycles. The molecule has 3 heteroatoms. The van der Waals surface area contributed by atoms with Crippen molar-refractivity contribution >= 4 is 17.5 Å². The van der Waals surface area contributed by atoms with Gasteiger partial charge in [0.15, 0.2) is 0 Å². The number of carbonyl (C=O) groups excluding carboxylic acids is 1. The van der Waals surface area contributed by atoms with Crippen LogP contribution in [0.15, 0.2) is 29.2 Å². The van der Waals surface area contributed by atoms with Crippen molar-refractivity contribution in [2.24, 2.45) is 0 Å². The minimum atomic E-state index is 0.0775. The Labute approximate surface area is 112 Å². The average Bonchev–Trinajstić information content (AvgIpc) is 2.65. The van der Waals surface area contributed by atoms with E-state index in [1.165, 1.54) is 5.56 Å². The van der Waals surface area contributed by atoms with Gasteiger partial charge >= 0.3 is 0 Å². The SMILES string of the molecule is CSc1ccccc1C(=O)c1[nH]c(C)c(C)c1C. The lowest BCUT2D eigenvalue weighted by Crippen LogP contribution is -2.05. The Bertz CT molecular complexity index is 599. The fourth-order valence-corrected chi connectivity index (χ4v) is 2.63. The number of ketones is 1. The molecule has 0 bridgehead atoms. The van der Waals surface area contributed by atoms with Gasteiger partial charge in [-0.2, -0.15) is 0 Å². The molecule has 1 heterocycles. The van der Waals surface area contributed by atoms with Crippen LogP contribution in [0.2, 0.25) is 0 Å². The second-order valence-corrected chi connectivity index (χ2v) is 5.25. The molecule has 2 rings (SSSR count). The lowest BCUT2D eigenvalue weighted by Gasteiger charge is -2.05. The summed E-state index contributed by atoms with van der Waals surface area (Å²) in [6, 6.07) is 7.74. The molecule has 1 N–H and O–H groups in total. The van der Waals surface area contributed by atoms with E-state index in [0.717, 1.165) is 21.7 Å². The highest BCUT2D eigenvalue weighted by molar-refractivity contribution is 7.98. The number of benzene rings is 1. The molecule has 0 atom stereocenters. The summed E-state index contributed by atoms with van der Waals surface area (Å²) in [5, 5.41) is 0. The first kappa shape index (κ1) is 13.0. The van der Waals surface area contributed by atoms with Crippen molar-refractivity contribution in [3.63, 3.8) is 0 Å². The van der Waals surface area contributed by atoms with E-state index >= 15 is 0 Å². The maximum atomic E-state index is 12.6. The number of aromatic amines is 1. The fourth-order valence-electron chi connectivity index (χ4n) is 2.04. The number of nitrogens with one attached hydrogen (secondary N) is 1. The predicted octanol–water partition coefficient (Wildman–Crippen LogP) is 3.89. The third-order valence-electron chi connectivity index (χ3n) is 3.39. The zero-order valence-corrected chi connectivity index (χ0v) is 11.9. The third-order valence-corrected chi connectivity index (χ3v) is 4.19. The van der Waals surface area contributed by atoms with Crippen LogP contribution in [0.3, 0.4) is 0 Å². The summed E-state index contributed by atoms with van der Waals surface area (Å²) in [5.41, 5.74) is 4.77. The molecular formula is C15H17NOS. The maximum Gasteiger partial charge on any atom is 0.210 e. The van der Waals surface area contributed by atoms with Crippen molar-refractivity contribution in [1.29, 1.82) is 0 Å². The van der Waals surface area contributed by atoms with Gasteiger partial charge in [-0.25, -0.2) is 0 Å². The molecule has 0 amide bonds. The molecule has 0 radical (unpaired) electrons. The highest BCUT2D eigenvalue weighted by atomic mass is 32.2. The summed E-state index contributed by atoms with van der Waals surface area (Å²) in [5.74, 6) is 0.0775. The van der Waals surface area contributed by atoms with E-state index < -0.39 is 0 Å². The van der Waals surface area contributed by atoms with Gasteiger partial charge in [0.25, 0.3) is 0 Å². The van der Waals surface area contributed by atoms with E-state index in [0.29, 0.717) is 5.69 Å². The van der Waals surface area contributed by atoms with Crippen LogP contribution in [-0.4, -0.2) is 17.0 Å². The van der Waals surface area contributed by atoms with E-state index in [1.807, 2.05) is 51.3 Å². The smallest absolute Gasteiger partial charge is 0.210 e. The Morgan fingerprint density at radius 1 is 1.11 bits per heavy atom. The molecule has 0 saturated heterocycles. The fraction of sp³-hybridized carbons (Fsp3) is 0.267. The number of rotatable bonds is 3. The quantitative estimate of drug-likeness (QED) is 0.670. The standard InChI is InChI=1S/C15H17NOS/c1-9-10(2)14(16-11(9)3)15(17)12-7-5-6-8-13(12)18-4/h5-8,16H,1-4H3. The number of hydrogen-bond donors (Lipinski definition) is 1. The van der Waals surface area contributed by atoms with E-state index in [9.17, 15) is 4.79 Å². The molecule has 1 aromatic carbocycles. The molecule has 2 nitrogen and oxygen atoms in total. The second-order valence-electron chi connectivity index (χ2n) is 4.40. The molecule has 0 saturated carbocycles. The van der Waals surface area contributed by atoms with Crippen molar-refractivity contribution in [3.8, 4) is 0 Å². The minimum Gasteiger partial charge on any atom is -0.356 e. The summed E-state index contributed by atoms with van der Waals surface area (Å²) in [7, 11) is 0. The molecule has 0 aliphatic rings. The minimum absolute atomic E-state index is 0.0775. The molecule has 0 unspecified atom stereocenters. The Balaban J connectivity index is 2.51. The average molecular weight is 259 g/mol. The van der Waals surface area contributed by atoms with Gasteiger partial charge in [-0.15, -0.1) is 11.8 Å². The lowest BCUT2D eigenvalue weighted by atomic mass is 10.0. The van der Waals surface area contributed by atoms with Gasteiger partial charge in [-0.05, 0) is 50.3 Å². The number of carbonyl (C=O) groups is 1. The van der Waals surface area contributed by atoms with Crippen LogP contribution in [0.1, 0.15) is 32.9 Å². The number of thioether (sulfide) groups is 1. The van der Waals surface area contributed by atoms with Crippen LogP contribution in [-0.2, 0) is 0 Å². The molecular weight excluding hydrogens is 242 g/mol. The number of hydrogen-bond acceptors (Lipinski definition) is 2. The Morgan fingerprint density at radius 3 is 2.33 bits per heavy atom. The topological polar surface area (TPSA) is 32.9 Å². The third kappa shape index (κ3) is 2.10.